The lowest BCUT2D eigenvalue weighted by molar-refractivity contribution is -0.136. The number of aliphatic hydroxyl groups is 1. The lowest BCUT2D eigenvalue weighted by Gasteiger charge is -2.22. The molecule has 2 aromatic carbocycles. The average Bonchev–Trinajstić information content (AvgIpc) is 2.74. The Balaban J connectivity index is 1.71. The molecular weight excluding hydrogens is 392 g/mol. The smallest absolute Gasteiger partial charge is 0.304 e. The van der Waals surface area contributed by atoms with Crippen molar-refractivity contribution in [2.75, 3.05) is 5.75 Å². The van der Waals surface area contributed by atoms with Gasteiger partial charge in [-0.2, -0.15) is 11.8 Å². The predicted octanol–water partition coefficient (Wildman–Crippen LogP) is 6.44. The zero-order chi connectivity index (χ0) is 21.6. The maximum absolute atomic E-state index is 10.8. The Morgan fingerprint density at radius 2 is 1.47 bits per heavy atom. The van der Waals surface area contributed by atoms with Gasteiger partial charge >= 0.3 is 5.97 Å². The Kier molecular flexibility index (Phi) is 11.6. The van der Waals surface area contributed by atoms with Crippen LogP contribution in [0.4, 0.5) is 0 Å². The summed E-state index contributed by atoms with van der Waals surface area (Å²) >= 11 is 1.55. The van der Waals surface area contributed by atoms with E-state index in [-0.39, 0.29) is 11.7 Å². The molecule has 164 valence electrons. The highest BCUT2D eigenvalue weighted by atomic mass is 32.2. The summed E-state index contributed by atoms with van der Waals surface area (Å²) in [7, 11) is 0. The minimum atomic E-state index is -0.788. The van der Waals surface area contributed by atoms with Gasteiger partial charge in [0.15, 0.2) is 0 Å². The molecule has 0 amide bonds. The molecule has 1 unspecified atom stereocenters. The SMILES string of the molecule is C[C@H](O)C(SCCC(=O)O)c1ccccc1CCCCCCCCc1ccccc1. The van der Waals surface area contributed by atoms with E-state index in [0.717, 1.165) is 18.4 Å². The summed E-state index contributed by atoms with van der Waals surface area (Å²) in [6.45, 7) is 1.80. The maximum Gasteiger partial charge on any atom is 0.304 e. The Hall–Kier alpha value is -1.78. The zero-order valence-electron chi connectivity index (χ0n) is 18.1. The van der Waals surface area contributed by atoms with E-state index in [1.165, 1.54) is 49.7 Å². The minimum Gasteiger partial charge on any atom is -0.481 e. The number of hydrogen-bond donors (Lipinski definition) is 2. The van der Waals surface area contributed by atoms with E-state index in [9.17, 15) is 9.90 Å². The number of rotatable bonds is 15. The predicted molar refractivity (Wildman–Crippen MR) is 127 cm³/mol. The van der Waals surface area contributed by atoms with Gasteiger partial charge < -0.3 is 10.2 Å². The molecule has 0 saturated heterocycles. The van der Waals surface area contributed by atoms with Gasteiger partial charge in [0.2, 0.25) is 0 Å². The van der Waals surface area contributed by atoms with E-state index in [0.29, 0.717) is 5.75 Å². The fourth-order valence-corrected chi connectivity index (χ4v) is 5.03. The van der Waals surface area contributed by atoms with Crippen molar-refractivity contribution in [3.05, 3.63) is 71.3 Å². The summed E-state index contributed by atoms with van der Waals surface area (Å²) in [5.74, 6) is -0.272. The highest BCUT2D eigenvalue weighted by Crippen LogP contribution is 2.35. The Labute approximate surface area is 185 Å². The molecule has 0 radical (unpaired) electrons. The first-order valence-corrected chi connectivity index (χ1v) is 12.3. The van der Waals surface area contributed by atoms with Crippen LogP contribution in [-0.4, -0.2) is 28.0 Å². The Bertz CT molecular complexity index is 730. The number of benzene rings is 2. The van der Waals surface area contributed by atoms with Gasteiger partial charge in [-0.1, -0.05) is 80.3 Å². The highest BCUT2D eigenvalue weighted by molar-refractivity contribution is 7.99. The molecular formula is C26H36O3S. The molecule has 2 aromatic rings. The number of carboxylic acid groups (broad SMARTS) is 1. The van der Waals surface area contributed by atoms with Crippen LogP contribution in [0.25, 0.3) is 0 Å². The first kappa shape index (κ1) is 24.5. The fraction of sp³-hybridized carbons (Fsp3) is 0.500. The average molecular weight is 429 g/mol. The van der Waals surface area contributed by atoms with Crippen LogP contribution in [0.2, 0.25) is 0 Å². The summed E-state index contributed by atoms with van der Waals surface area (Å²) in [5.41, 5.74) is 3.88. The van der Waals surface area contributed by atoms with Gasteiger partial charge in [-0.3, -0.25) is 4.79 Å². The van der Waals surface area contributed by atoms with E-state index < -0.39 is 12.1 Å². The van der Waals surface area contributed by atoms with Crippen molar-refractivity contribution < 1.29 is 15.0 Å². The van der Waals surface area contributed by atoms with Crippen molar-refractivity contribution in [3.63, 3.8) is 0 Å². The number of carboxylic acids is 1. The highest BCUT2D eigenvalue weighted by Gasteiger charge is 2.20. The summed E-state index contributed by atoms with van der Waals surface area (Å²) in [6, 6.07) is 19.0. The number of thioether (sulfide) groups is 1. The zero-order valence-corrected chi connectivity index (χ0v) is 18.9. The molecule has 0 heterocycles. The first-order valence-electron chi connectivity index (χ1n) is 11.2. The van der Waals surface area contributed by atoms with Gasteiger partial charge in [0.25, 0.3) is 0 Å². The van der Waals surface area contributed by atoms with Gasteiger partial charge in [0.05, 0.1) is 17.8 Å². The van der Waals surface area contributed by atoms with E-state index in [1.54, 1.807) is 18.7 Å². The Morgan fingerprint density at radius 3 is 2.13 bits per heavy atom. The monoisotopic (exact) mass is 428 g/mol. The van der Waals surface area contributed by atoms with Crippen LogP contribution in [0.5, 0.6) is 0 Å². The van der Waals surface area contributed by atoms with E-state index in [2.05, 4.69) is 48.5 Å². The van der Waals surface area contributed by atoms with Crippen molar-refractivity contribution >= 4 is 17.7 Å². The van der Waals surface area contributed by atoms with E-state index >= 15 is 0 Å². The Morgan fingerprint density at radius 1 is 0.867 bits per heavy atom. The number of carbonyl (C=O) groups is 1. The molecule has 3 nitrogen and oxygen atoms in total. The second-order valence-corrected chi connectivity index (χ2v) is 9.23. The van der Waals surface area contributed by atoms with Gasteiger partial charge in [-0.15, -0.1) is 0 Å². The first-order chi connectivity index (χ1) is 14.6. The van der Waals surface area contributed by atoms with Crippen molar-refractivity contribution in [1.29, 1.82) is 0 Å². The molecule has 30 heavy (non-hydrogen) atoms. The molecule has 4 heteroatoms. The summed E-state index contributed by atoms with van der Waals surface area (Å²) in [5, 5.41) is 19.1. The fourth-order valence-electron chi connectivity index (χ4n) is 3.80. The van der Waals surface area contributed by atoms with Crippen LogP contribution in [-0.2, 0) is 17.6 Å². The largest absolute Gasteiger partial charge is 0.481 e. The van der Waals surface area contributed by atoms with E-state index in [1.807, 2.05) is 6.07 Å². The molecule has 2 N–H and O–H groups in total. The van der Waals surface area contributed by atoms with Gasteiger partial charge in [-0.05, 0) is 49.3 Å². The molecule has 0 saturated carbocycles. The van der Waals surface area contributed by atoms with Gasteiger partial charge in [0.1, 0.15) is 0 Å². The second kappa shape index (κ2) is 14.3. The number of hydrogen-bond acceptors (Lipinski definition) is 3. The maximum atomic E-state index is 10.8. The molecule has 0 aliphatic carbocycles. The topological polar surface area (TPSA) is 57.5 Å². The third-order valence-electron chi connectivity index (χ3n) is 5.42. The van der Waals surface area contributed by atoms with Crippen LogP contribution < -0.4 is 0 Å². The summed E-state index contributed by atoms with van der Waals surface area (Å²) in [4.78, 5) is 10.8. The minimum absolute atomic E-state index is 0.0708. The van der Waals surface area contributed by atoms with E-state index in [4.69, 9.17) is 5.11 Å². The van der Waals surface area contributed by atoms with Crippen LogP contribution in [0, 0.1) is 0 Å². The summed E-state index contributed by atoms with van der Waals surface area (Å²) in [6.07, 6.45) is 9.30. The lowest BCUT2D eigenvalue weighted by Crippen LogP contribution is -2.14. The van der Waals surface area contributed by atoms with Gasteiger partial charge in [0, 0.05) is 5.75 Å². The van der Waals surface area contributed by atoms with Crippen molar-refractivity contribution in [2.24, 2.45) is 0 Å². The molecule has 0 aliphatic heterocycles. The normalized spacial score (nSPS) is 13.1. The molecule has 0 bridgehead atoms. The molecule has 0 fully saturated rings. The van der Waals surface area contributed by atoms with Crippen LogP contribution in [0.1, 0.15) is 73.8 Å². The number of aliphatic carboxylic acids is 1. The number of aryl methyl sites for hydroxylation is 2. The standard InChI is InChI=1S/C26H36O3S/c1-21(27)26(30-20-19-25(28)29)24-18-12-11-17-23(24)16-10-5-3-2-4-7-13-22-14-8-6-9-15-22/h6,8-9,11-12,14-15,17-18,21,26-27H,2-5,7,10,13,16,19-20H2,1H3,(H,28,29)/t21-,26?/m0/s1. The number of aliphatic hydroxyl groups excluding tert-OH is 1. The van der Waals surface area contributed by atoms with Crippen molar-refractivity contribution in [1.82, 2.24) is 0 Å². The summed E-state index contributed by atoms with van der Waals surface area (Å²) < 4.78 is 0. The third kappa shape index (κ3) is 9.36. The second-order valence-electron chi connectivity index (χ2n) is 7.98. The molecule has 0 aliphatic rings. The molecule has 0 aromatic heterocycles. The van der Waals surface area contributed by atoms with Crippen LogP contribution in [0.15, 0.2) is 54.6 Å². The molecule has 0 spiro atoms. The van der Waals surface area contributed by atoms with Crippen molar-refractivity contribution in [3.8, 4) is 0 Å². The molecule has 2 atom stereocenters. The lowest BCUT2D eigenvalue weighted by atomic mass is 9.96. The third-order valence-corrected chi connectivity index (χ3v) is 6.86. The number of unbranched alkanes of at least 4 members (excludes halogenated alkanes) is 5. The van der Waals surface area contributed by atoms with Gasteiger partial charge in [-0.25, -0.2) is 0 Å². The van der Waals surface area contributed by atoms with Crippen molar-refractivity contribution in [2.45, 2.75) is 76.1 Å². The van der Waals surface area contributed by atoms with Crippen LogP contribution in [0.3, 0.4) is 0 Å². The van der Waals surface area contributed by atoms with Crippen LogP contribution >= 0.6 is 11.8 Å². The quantitative estimate of drug-likeness (QED) is 0.320. The molecule has 2 rings (SSSR count).